The molecule has 24 heavy (non-hydrogen) atoms. The highest BCUT2D eigenvalue weighted by Gasteiger charge is 2.33. The van der Waals surface area contributed by atoms with Crippen molar-refractivity contribution in [2.24, 2.45) is 0 Å². The third kappa shape index (κ3) is 2.76. The number of carbonyl (C=O) groups excluding carboxylic acids is 2. The largest absolute Gasteiger partial charge is 0.463 e. The molecular weight excluding hydrogens is 310 g/mol. The molecule has 0 fully saturated rings. The number of hydrogen-bond acceptors (Lipinski definition) is 4. The molecule has 2 amide bonds. The van der Waals surface area contributed by atoms with Gasteiger partial charge < -0.3 is 20.4 Å². The average Bonchev–Trinajstić information content (AvgIpc) is 2.53. The van der Waals surface area contributed by atoms with E-state index < -0.39 is 18.0 Å². The summed E-state index contributed by atoms with van der Waals surface area (Å²) in [5, 5.41) is 5.98. The topological polar surface area (TPSA) is 100 Å². The Kier molecular flexibility index (Phi) is 4.07. The fourth-order valence-electron chi connectivity index (χ4n) is 2.79. The lowest BCUT2D eigenvalue weighted by Gasteiger charge is -2.27. The second-order valence-corrected chi connectivity index (χ2v) is 5.43. The Balaban J connectivity index is 2.16. The van der Waals surface area contributed by atoms with Gasteiger partial charge in [0, 0.05) is 16.8 Å². The summed E-state index contributed by atoms with van der Waals surface area (Å²) < 4.78 is 5.07. The molecule has 1 aromatic carbocycles. The van der Waals surface area contributed by atoms with Gasteiger partial charge in [-0.2, -0.15) is 0 Å². The van der Waals surface area contributed by atoms with Crippen LogP contribution in [0.1, 0.15) is 25.5 Å². The highest BCUT2D eigenvalue weighted by atomic mass is 16.5. The van der Waals surface area contributed by atoms with E-state index in [-0.39, 0.29) is 23.3 Å². The van der Waals surface area contributed by atoms with Crippen molar-refractivity contribution in [3.63, 3.8) is 0 Å². The fourth-order valence-corrected chi connectivity index (χ4v) is 2.79. The number of nitrogens with one attached hydrogen (secondary N) is 3. The Hall–Kier alpha value is -3.09. The first-order chi connectivity index (χ1) is 11.5. The molecule has 0 bridgehead atoms. The Morgan fingerprint density at radius 2 is 2.00 bits per heavy atom. The third-order valence-electron chi connectivity index (χ3n) is 3.86. The van der Waals surface area contributed by atoms with Crippen LogP contribution in [0.25, 0.3) is 10.9 Å². The molecule has 3 rings (SSSR count). The summed E-state index contributed by atoms with van der Waals surface area (Å²) in [6.07, 6.45) is 0. The summed E-state index contributed by atoms with van der Waals surface area (Å²) in [5.74, 6) is -0.569. The monoisotopic (exact) mass is 327 g/mol. The number of rotatable bonds is 3. The number of allylic oxidation sites excluding steroid dienone is 1. The van der Waals surface area contributed by atoms with E-state index in [1.54, 1.807) is 26.0 Å². The zero-order valence-corrected chi connectivity index (χ0v) is 13.3. The van der Waals surface area contributed by atoms with Gasteiger partial charge in [0.15, 0.2) is 0 Å². The predicted octanol–water partition coefficient (Wildman–Crippen LogP) is 1.72. The first-order valence-corrected chi connectivity index (χ1v) is 7.58. The van der Waals surface area contributed by atoms with Gasteiger partial charge in [0.05, 0.1) is 18.2 Å². The van der Waals surface area contributed by atoms with Crippen LogP contribution in [-0.2, 0) is 9.53 Å². The normalized spacial score (nSPS) is 17.4. The summed E-state index contributed by atoms with van der Waals surface area (Å²) in [6, 6.07) is 7.63. The van der Waals surface area contributed by atoms with E-state index >= 15 is 0 Å². The van der Waals surface area contributed by atoms with Gasteiger partial charge in [-0.25, -0.2) is 9.59 Å². The van der Waals surface area contributed by atoms with Crippen molar-refractivity contribution in [1.82, 2.24) is 15.6 Å². The average molecular weight is 327 g/mol. The summed E-state index contributed by atoms with van der Waals surface area (Å²) in [7, 11) is 0. The molecule has 3 N–H and O–H groups in total. The van der Waals surface area contributed by atoms with Gasteiger partial charge in [-0.05, 0) is 31.4 Å². The van der Waals surface area contributed by atoms with Gasteiger partial charge in [0.2, 0.25) is 0 Å². The van der Waals surface area contributed by atoms with Gasteiger partial charge in [-0.1, -0.05) is 18.2 Å². The molecule has 1 atom stereocenters. The van der Waals surface area contributed by atoms with Gasteiger partial charge in [0.25, 0.3) is 5.56 Å². The number of ether oxygens (including phenoxy) is 1. The number of pyridine rings is 1. The number of amides is 2. The van der Waals surface area contributed by atoms with Crippen molar-refractivity contribution in [3.8, 4) is 0 Å². The molecule has 0 saturated carbocycles. The van der Waals surface area contributed by atoms with E-state index in [1.165, 1.54) is 0 Å². The van der Waals surface area contributed by atoms with Crippen LogP contribution >= 0.6 is 0 Å². The molecular formula is C17H17N3O4. The minimum atomic E-state index is -0.869. The quantitative estimate of drug-likeness (QED) is 0.747. The Bertz CT molecular complexity index is 913. The molecule has 2 heterocycles. The Labute approximate surface area is 137 Å². The number of aromatic amines is 1. The standard InChI is InChI=1S/C17H17N3O4/c1-3-24-16(22)13-9(2)18-17(23)20-14(13)11-8-10-6-4-5-7-12(10)19-15(11)21/h4-8,14H,3H2,1-2H3,(H,19,21)(H2,18,20,23)/t14-/m0/s1. The second-order valence-electron chi connectivity index (χ2n) is 5.43. The lowest BCUT2D eigenvalue weighted by atomic mass is 9.95. The van der Waals surface area contributed by atoms with Crippen LogP contribution in [0.15, 0.2) is 46.4 Å². The molecule has 7 heteroatoms. The first-order valence-electron chi connectivity index (χ1n) is 7.58. The maximum Gasteiger partial charge on any atom is 0.338 e. The van der Waals surface area contributed by atoms with Gasteiger partial charge in [-0.15, -0.1) is 0 Å². The number of esters is 1. The van der Waals surface area contributed by atoms with E-state index in [4.69, 9.17) is 4.74 Å². The van der Waals surface area contributed by atoms with E-state index in [0.717, 1.165) is 5.39 Å². The minimum absolute atomic E-state index is 0.199. The minimum Gasteiger partial charge on any atom is -0.463 e. The zero-order valence-electron chi connectivity index (χ0n) is 13.3. The van der Waals surface area contributed by atoms with E-state index in [0.29, 0.717) is 11.2 Å². The second kappa shape index (κ2) is 6.19. The highest BCUT2D eigenvalue weighted by Crippen LogP contribution is 2.27. The van der Waals surface area contributed by atoms with Crippen LogP contribution < -0.4 is 16.2 Å². The third-order valence-corrected chi connectivity index (χ3v) is 3.86. The molecule has 2 aromatic rings. The van der Waals surface area contributed by atoms with Crippen LogP contribution in [-0.4, -0.2) is 23.6 Å². The number of fused-ring (bicyclic) bond motifs is 1. The van der Waals surface area contributed by atoms with Crippen molar-refractivity contribution in [2.45, 2.75) is 19.9 Å². The highest BCUT2D eigenvalue weighted by molar-refractivity contribution is 5.95. The van der Waals surface area contributed by atoms with Gasteiger partial charge >= 0.3 is 12.0 Å². The van der Waals surface area contributed by atoms with Crippen molar-refractivity contribution in [2.75, 3.05) is 6.61 Å². The molecule has 124 valence electrons. The summed E-state index contributed by atoms with van der Waals surface area (Å²) in [4.78, 5) is 39.4. The van der Waals surface area contributed by atoms with E-state index in [1.807, 2.05) is 18.2 Å². The molecule has 1 aliphatic rings. The lowest BCUT2D eigenvalue weighted by Crippen LogP contribution is -2.46. The number of hydrogen-bond donors (Lipinski definition) is 3. The van der Waals surface area contributed by atoms with Crippen LogP contribution in [0, 0.1) is 0 Å². The maximum absolute atomic E-state index is 12.5. The fraction of sp³-hybridized carbons (Fsp3) is 0.235. The molecule has 1 aliphatic heterocycles. The number of carbonyl (C=O) groups is 2. The van der Waals surface area contributed by atoms with Crippen molar-refractivity contribution in [3.05, 3.63) is 57.5 Å². The van der Waals surface area contributed by atoms with Crippen LogP contribution in [0.4, 0.5) is 4.79 Å². The van der Waals surface area contributed by atoms with Crippen LogP contribution in [0.5, 0.6) is 0 Å². The SMILES string of the molecule is CCOC(=O)C1=C(C)NC(=O)N[C@H]1c1cc2ccccc2[nH]c1=O. The number of benzene rings is 1. The first kappa shape index (κ1) is 15.8. The van der Waals surface area contributed by atoms with Crippen LogP contribution in [0.3, 0.4) is 0 Å². The molecule has 0 aliphatic carbocycles. The van der Waals surface area contributed by atoms with Gasteiger partial charge in [0.1, 0.15) is 0 Å². The smallest absolute Gasteiger partial charge is 0.338 e. The van der Waals surface area contributed by atoms with Crippen molar-refractivity contribution in [1.29, 1.82) is 0 Å². The number of para-hydroxylation sites is 1. The number of urea groups is 1. The molecule has 0 radical (unpaired) electrons. The molecule has 0 spiro atoms. The Morgan fingerprint density at radius 3 is 2.75 bits per heavy atom. The Morgan fingerprint density at radius 1 is 1.25 bits per heavy atom. The molecule has 0 saturated heterocycles. The zero-order chi connectivity index (χ0) is 17.3. The lowest BCUT2D eigenvalue weighted by molar-refractivity contribution is -0.139. The summed E-state index contributed by atoms with van der Waals surface area (Å²) in [6.45, 7) is 3.50. The predicted molar refractivity (Wildman–Crippen MR) is 88.3 cm³/mol. The van der Waals surface area contributed by atoms with E-state index in [2.05, 4.69) is 15.6 Å². The van der Waals surface area contributed by atoms with Crippen LogP contribution in [0.2, 0.25) is 0 Å². The number of aromatic nitrogens is 1. The summed E-state index contributed by atoms with van der Waals surface area (Å²) in [5.41, 5.74) is 1.19. The summed E-state index contributed by atoms with van der Waals surface area (Å²) >= 11 is 0. The van der Waals surface area contributed by atoms with Crippen molar-refractivity contribution >= 4 is 22.9 Å². The number of H-pyrrole nitrogens is 1. The molecule has 0 unspecified atom stereocenters. The van der Waals surface area contributed by atoms with E-state index in [9.17, 15) is 14.4 Å². The van der Waals surface area contributed by atoms with Crippen molar-refractivity contribution < 1.29 is 14.3 Å². The molecule has 1 aromatic heterocycles. The van der Waals surface area contributed by atoms with Gasteiger partial charge in [-0.3, -0.25) is 4.79 Å². The molecule has 7 nitrogen and oxygen atoms in total. The maximum atomic E-state index is 12.5.